The molecule has 3 heterocycles. The summed E-state index contributed by atoms with van der Waals surface area (Å²) < 4.78 is -0.591. The summed E-state index contributed by atoms with van der Waals surface area (Å²) in [6.07, 6.45) is 2.40. The molecule has 8 heteroatoms. The molecule has 30 heavy (non-hydrogen) atoms. The maximum atomic E-state index is 13.4. The SMILES string of the molecule is CCCNC(=O)[C@@H]1[C@@H]2CCC3(S2)C(C(=O)NCc2ccccc2)N(CCO)C(=O)[C@H]13. The molecule has 3 aliphatic heterocycles. The summed E-state index contributed by atoms with van der Waals surface area (Å²) >= 11 is 1.65. The van der Waals surface area contributed by atoms with Gasteiger partial charge in [-0.2, -0.15) is 0 Å². The minimum atomic E-state index is -0.662. The van der Waals surface area contributed by atoms with E-state index in [0.29, 0.717) is 13.1 Å². The Morgan fingerprint density at radius 1 is 1.23 bits per heavy atom. The van der Waals surface area contributed by atoms with E-state index in [1.54, 1.807) is 11.8 Å². The fourth-order valence-corrected chi connectivity index (χ4v) is 7.57. The van der Waals surface area contributed by atoms with E-state index >= 15 is 0 Å². The number of nitrogens with one attached hydrogen (secondary N) is 2. The smallest absolute Gasteiger partial charge is 0.244 e. The summed E-state index contributed by atoms with van der Waals surface area (Å²) in [5.41, 5.74) is 0.984. The van der Waals surface area contributed by atoms with Crippen molar-refractivity contribution in [3.05, 3.63) is 35.9 Å². The van der Waals surface area contributed by atoms with Gasteiger partial charge in [-0.15, -0.1) is 11.8 Å². The van der Waals surface area contributed by atoms with Crippen molar-refractivity contribution in [3.63, 3.8) is 0 Å². The van der Waals surface area contributed by atoms with Gasteiger partial charge in [0.1, 0.15) is 6.04 Å². The van der Waals surface area contributed by atoms with Crippen molar-refractivity contribution in [1.82, 2.24) is 15.5 Å². The minimum Gasteiger partial charge on any atom is -0.395 e. The molecule has 3 fully saturated rings. The molecule has 5 atom stereocenters. The lowest BCUT2D eigenvalue weighted by Crippen LogP contribution is -2.54. The molecule has 3 aliphatic rings. The molecule has 2 bridgehead atoms. The molecule has 4 rings (SSSR count). The summed E-state index contributed by atoms with van der Waals surface area (Å²) in [6, 6.07) is 8.98. The Labute approximate surface area is 181 Å². The first-order valence-electron chi connectivity index (χ1n) is 10.7. The van der Waals surface area contributed by atoms with Gasteiger partial charge in [-0.05, 0) is 24.8 Å². The van der Waals surface area contributed by atoms with Crippen molar-refractivity contribution in [2.24, 2.45) is 11.8 Å². The van der Waals surface area contributed by atoms with Crippen molar-refractivity contribution >= 4 is 29.5 Å². The third kappa shape index (κ3) is 3.39. The lowest BCUT2D eigenvalue weighted by Gasteiger charge is -2.34. The summed E-state index contributed by atoms with van der Waals surface area (Å²) in [5.74, 6) is -1.36. The molecule has 1 spiro atoms. The molecular formula is C22H29N3O4S. The highest BCUT2D eigenvalue weighted by atomic mass is 32.2. The van der Waals surface area contributed by atoms with Gasteiger partial charge in [-0.25, -0.2) is 0 Å². The summed E-state index contributed by atoms with van der Waals surface area (Å²) in [7, 11) is 0. The van der Waals surface area contributed by atoms with E-state index in [9.17, 15) is 19.5 Å². The molecule has 162 valence electrons. The number of aliphatic hydroxyl groups is 1. The number of aliphatic hydroxyl groups excluding tert-OH is 1. The topological polar surface area (TPSA) is 98.7 Å². The Morgan fingerprint density at radius 2 is 2.00 bits per heavy atom. The first-order valence-corrected chi connectivity index (χ1v) is 11.6. The predicted molar refractivity (Wildman–Crippen MR) is 115 cm³/mol. The Hall–Kier alpha value is -2.06. The number of rotatable bonds is 8. The fraction of sp³-hybridized carbons (Fsp3) is 0.591. The number of hydrogen-bond donors (Lipinski definition) is 3. The monoisotopic (exact) mass is 431 g/mol. The molecule has 3 saturated heterocycles. The number of nitrogens with zero attached hydrogens (tertiary/aromatic N) is 1. The van der Waals surface area contributed by atoms with E-state index < -0.39 is 22.6 Å². The molecule has 2 unspecified atom stereocenters. The van der Waals surface area contributed by atoms with E-state index in [-0.39, 0.29) is 36.1 Å². The van der Waals surface area contributed by atoms with Crippen molar-refractivity contribution in [3.8, 4) is 0 Å². The van der Waals surface area contributed by atoms with Gasteiger partial charge in [-0.1, -0.05) is 37.3 Å². The zero-order valence-electron chi connectivity index (χ0n) is 17.2. The number of amides is 3. The van der Waals surface area contributed by atoms with Crippen molar-refractivity contribution in [1.29, 1.82) is 0 Å². The first kappa shape index (κ1) is 21.2. The Balaban J connectivity index is 1.59. The minimum absolute atomic E-state index is 0.0662. The van der Waals surface area contributed by atoms with Crippen molar-refractivity contribution in [2.75, 3.05) is 19.7 Å². The predicted octanol–water partition coefficient (Wildman–Crippen LogP) is 0.912. The molecule has 7 nitrogen and oxygen atoms in total. The molecule has 1 aromatic carbocycles. The van der Waals surface area contributed by atoms with Gasteiger partial charge in [0, 0.05) is 24.9 Å². The van der Waals surface area contributed by atoms with Gasteiger partial charge >= 0.3 is 0 Å². The van der Waals surface area contributed by atoms with Gasteiger partial charge in [0.25, 0.3) is 0 Å². The Morgan fingerprint density at radius 3 is 2.70 bits per heavy atom. The maximum absolute atomic E-state index is 13.4. The van der Waals surface area contributed by atoms with Gasteiger partial charge in [0.05, 0.1) is 23.2 Å². The van der Waals surface area contributed by atoms with Crippen LogP contribution < -0.4 is 10.6 Å². The molecule has 0 aliphatic carbocycles. The number of carbonyl (C=O) groups excluding carboxylic acids is 3. The van der Waals surface area contributed by atoms with Gasteiger partial charge in [0.2, 0.25) is 17.7 Å². The number of likely N-dealkylation sites (tertiary alicyclic amines) is 1. The zero-order valence-corrected chi connectivity index (χ0v) is 18.0. The Bertz CT molecular complexity index is 820. The van der Waals surface area contributed by atoms with E-state index in [0.717, 1.165) is 24.8 Å². The van der Waals surface area contributed by atoms with Crippen LogP contribution >= 0.6 is 11.8 Å². The number of benzene rings is 1. The lowest BCUT2D eigenvalue weighted by molar-refractivity contribution is -0.140. The second kappa shape index (κ2) is 8.59. The van der Waals surface area contributed by atoms with Crippen LogP contribution in [0.1, 0.15) is 31.7 Å². The summed E-state index contributed by atoms with van der Waals surface area (Å²) in [4.78, 5) is 41.1. The van der Waals surface area contributed by atoms with Crippen LogP contribution in [0.2, 0.25) is 0 Å². The van der Waals surface area contributed by atoms with Crippen molar-refractivity contribution in [2.45, 2.75) is 48.8 Å². The molecule has 3 amide bonds. The zero-order chi connectivity index (χ0) is 21.3. The third-order valence-electron chi connectivity index (χ3n) is 6.55. The van der Waals surface area contributed by atoms with Crippen LogP contribution in [-0.4, -0.2) is 63.5 Å². The maximum Gasteiger partial charge on any atom is 0.244 e. The van der Waals surface area contributed by atoms with Gasteiger partial charge in [0.15, 0.2) is 0 Å². The highest BCUT2D eigenvalue weighted by Gasteiger charge is 2.73. The van der Waals surface area contributed by atoms with Crippen LogP contribution in [0.5, 0.6) is 0 Å². The lowest BCUT2D eigenvalue weighted by atomic mass is 9.70. The number of β-amino-alcohol motifs (C(OH)–C–C–N with tert-alkyl or cyclic N) is 1. The average molecular weight is 432 g/mol. The second-order valence-electron chi connectivity index (χ2n) is 8.31. The highest BCUT2D eigenvalue weighted by molar-refractivity contribution is 8.02. The summed E-state index contributed by atoms with van der Waals surface area (Å²) in [5, 5.41) is 15.6. The largest absolute Gasteiger partial charge is 0.395 e. The van der Waals surface area contributed by atoms with E-state index in [4.69, 9.17) is 0 Å². The second-order valence-corrected chi connectivity index (χ2v) is 9.91. The Kier molecular flexibility index (Phi) is 6.06. The van der Waals surface area contributed by atoms with Crippen LogP contribution in [0, 0.1) is 11.8 Å². The van der Waals surface area contributed by atoms with E-state index in [1.165, 1.54) is 4.90 Å². The van der Waals surface area contributed by atoms with Crippen LogP contribution in [-0.2, 0) is 20.9 Å². The van der Waals surface area contributed by atoms with Crippen LogP contribution in [0.4, 0.5) is 0 Å². The van der Waals surface area contributed by atoms with Gasteiger partial charge in [-0.3, -0.25) is 14.4 Å². The number of hydrogen-bond acceptors (Lipinski definition) is 5. The van der Waals surface area contributed by atoms with Crippen molar-refractivity contribution < 1.29 is 19.5 Å². The first-order chi connectivity index (χ1) is 14.5. The summed E-state index contributed by atoms with van der Waals surface area (Å²) in [6.45, 7) is 2.86. The highest BCUT2D eigenvalue weighted by Crippen LogP contribution is 2.66. The standard InChI is InChI=1S/C22H29N3O4S/c1-2-10-23-19(27)16-15-8-9-22(30-15)17(16)21(29)25(11-12-26)18(22)20(28)24-13-14-6-4-3-5-7-14/h3-7,15-18,26H,2,8-13H2,1H3,(H,23,27)(H,24,28)/t15-,16+,17-,18?,22?/m0/s1. The molecule has 0 radical (unpaired) electrons. The third-order valence-corrected chi connectivity index (χ3v) is 8.50. The molecule has 1 aromatic rings. The normalized spacial score (nSPS) is 31.7. The quantitative estimate of drug-likeness (QED) is 0.568. The number of thioether (sulfide) groups is 1. The molecular weight excluding hydrogens is 402 g/mol. The van der Waals surface area contributed by atoms with E-state index in [2.05, 4.69) is 10.6 Å². The molecule has 3 N–H and O–H groups in total. The number of fused-ring (bicyclic) bond motifs is 1. The molecule has 0 saturated carbocycles. The fourth-order valence-electron chi connectivity index (χ4n) is 5.35. The molecule has 0 aromatic heterocycles. The van der Waals surface area contributed by atoms with E-state index in [1.807, 2.05) is 37.3 Å². The van der Waals surface area contributed by atoms with Crippen LogP contribution in [0.25, 0.3) is 0 Å². The van der Waals surface area contributed by atoms with Crippen LogP contribution in [0.15, 0.2) is 30.3 Å². The van der Waals surface area contributed by atoms with Gasteiger partial charge < -0.3 is 20.6 Å². The number of carbonyl (C=O) groups is 3. The van der Waals surface area contributed by atoms with Crippen LogP contribution in [0.3, 0.4) is 0 Å². The average Bonchev–Trinajstić information content (AvgIpc) is 3.39.